The van der Waals surface area contributed by atoms with Gasteiger partial charge in [0.1, 0.15) is 6.61 Å². The van der Waals surface area contributed by atoms with E-state index in [1.807, 2.05) is 31.2 Å². The van der Waals surface area contributed by atoms with Crippen LogP contribution in [0.2, 0.25) is 5.02 Å². The van der Waals surface area contributed by atoms with Gasteiger partial charge in [-0.25, -0.2) is 0 Å². The highest BCUT2D eigenvalue weighted by Crippen LogP contribution is 2.38. The first-order chi connectivity index (χ1) is 15.4. The molecule has 8 heteroatoms. The number of nitro benzene ring substituents is 1. The molecular formula is C24H18ClIN2O4. The van der Waals surface area contributed by atoms with Crippen LogP contribution < -0.4 is 9.47 Å². The summed E-state index contributed by atoms with van der Waals surface area (Å²) < 4.78 is 12.8. The van der Waals surface area contributed by atoms with Gasteiger partial charge in [-0.2, -0.15) is 5.26 Å². The van der Waals surface area contributed by atoms with Gasteiger partial charge in [0.05, 0.1) is 28.2 Å². The lowest BCUT2D eigenvalue weighted by Crippen LogP contribution is -2.01. The minimum Gasteiger partial charge on any atom is -0.490 e. The van der Waals surface area contributed by atoms with E-state index in [0.717, 1.165) is 9.13 Å². The quantitative estimate of drug-likeness (QED) is 0.0984. The van der Waals surface area contributed by atoms with E-state index < -0.39 is 4.92 Å². The zero-order chi connectivity index (χ0) is 23.1. The van der Waals surface area contributed by atoms with Crippen LogP contribution in [0.5, 0.6) is 11.5 Å². The molecule has 0 fully saturated rings. The fourth-order valence-corrected chi connectivity index (χ4v) is 3.55. The van der Waals surface area contributed by atoms with Gasteiger partial charge in [0.25, 0.3) is 5.69 Å². The Kier molecular flexibility index (Phi) is 8.09. The number of nitro groups is 1. The number of allylic oxidation sites excluding steroid dienone is 1. The molecule has 0 amide bonds. The third-order valence-electron chi connectivity index (χ3n) is 4.45. The Balaban J connectivity index is 1.90. The molecule has 0 heterocycles. The number of halogens is 2. The largest absolute Gasteiger partial charge is 0.490 e. The zero-order valence-electron chi connectivity index (χ0n) is 17.0. The van der Waals surface area contributed by atoms with Crippen LogP contribution >= 0.6 is 34.2 Å². The van der Waals surface area contributed by atoms with Gasteiger partial charge < -0.3 is 9.47 Å². The summed E-state index contributed by atoms with van der Waals surface area (Å²) in [5.41, 5.74) is 2.51. The Bertz CT molecular complexity index is 1190. The number of rotatable bonds is 8. The minimum atomic E-state index is -0.483. The van der Waals surface area contributed by atoms with E-state index in [0.29, 0.717) is 46.4 Å². The average Bonchev–Trinajstić information content (AvgIpc) is 2.78. The zero-order valence-corrected chi connectivity index (χ0v) is 20.0. The maximum absolute atomic E-state index is 10.9. The fraction of sp³-hybridized carbons (Fsp3) is 0.125. The number of ether oxygens (including phenoxy) is 2. The predicted octanol–water partition coefficient (Wildman–Crippen LogP) is 6.89. The molecule has 0 atom stereocenters. The van der Waals surface area contributed by atoms with Crippen molar-refractivity contribution in [3.63, 3.8) is 0 Å². The van der Waals surface area contributed by atoms with E-state index in [1.54, 1.807) is 18.2 Å². The van der Waals surface area contributed by atoms with Crippen molar-refractivity contribution in [1.82, 2.24) is 0 Å². The number of nitrogens with zero attached hydrogens (tertiary/aromatic N) is 2. The molecule has 0 spiro atoms. The van der Waals surface area contributed by atoms with Crippen molar-refractivity contribution in [2.75, 3.05) is 6.61 Å². The molecule has 3 rings (SSSR count). The van der Waals surface area contributed by atoms with E-state index in [2.05, 4.69) is 28.7 Å². The van der Waals surface area contributed by atoms with Crippen molar-refractivity contribution in [2.24, 2.45) is 0 Å². The number of non-ortho nitro benzene ring substituents is 1. The van der Waals surface area contributed by atoms with Gasteiger partial charge in [-0.1, -0.05) is 23.7 Å². The third-order valence-corrected chi connectivity index (χ3v) is 5.45. The molecule has 0 aliphatic rings. The van der Waals surface area contributed by atoms with Gasteiger partial charge >= 0.3 is 0 Å². The minimum absolute atomic E-state index is 0.0395. The highest BCUT2D eigenvalue weighted by Gasteiger charge is 2.14. The molecule has 0 N–H and O–H groups in total. The average molecular weight is 561 g/mol. The SMILES string of the molecule is CCOc1cc(/C=C(/C#N)c2ccc([N+](=O)[O-])cc2)cc(Cl)c1OCc1ccc(I)cc1. The standard InChI is InChI=1S/C24H18ClIN2O4/c1-2-31-23-13-17(11-19(14-27)18-5-9-21(10-6-18)28(29)30)12-22(25)24(23)32-15-16-3-7-20(26)8-4-16/h3-13H,2,15H2,1H3/b19-11-. The van der Waals surface area contributed by atoms with Crippen LogP contribution in [0.4, 0.5) is 5.69 Å². The molecule has 0 radical (unpaired) electrons. The highest BCUT2D eigenvalue weighted by molar-refractivity contribution is 14.1. The molecule has 0 aromatic heterocycles. The topological polar surface area (TPSA) is 85.4 Å². The van der Waals surface area contributed by atoms with Gasteiger partial charge in [0.15, 0.2) is 11.5 Å². The molecule has 0 aliphatic heterocycles. The second-order valence-electron chi connectivity index (χ2n) is 6.65. The maximum Gasteiger partial charge on any atom is 0.269 e. The van der Waals surface area contributed by atoms with E-state index in [1.165, 1.54) is 24.3 Å². The van der Waals surface area contributed by atoms with Crippen molar-refractivity contribution >= 4 is 51.5 Å². The summed E-state index contributed by atoms with van der Waals surface area (Å²) in [5.74, 6) is 0.899. The molecule has 3 aromatic carbocycles. The van der Waals surface area contributed by atoms with Crippen LogP contribution in [0.3, 0.4) is 0 Å². The smallest absolute Gasteiger partial charge is 0.269 e. The Hall–Kier alpha value is -3.09. The molecule has 0 saturated heterocycles. The lowest BCUT2D eigenvalue weighted by molar-refractivity contribution is -0.384. The lowest BCUT2D eigenvalue weighted by atomic mass is 10.0. The number of hydrogen-bond acceptors (Lipinski definition) is 5. The van der Waals surface area contributed by atoms with Gasteiger partial charge in [-0.05, 0) is 88.7 Å². The number of hydrogen-bond donors (Lipinski definition) is 0. The number of benzene rings is 3. The molecular weight excluding hydrogens is 543 g/mol. The van der Waals surface area contributed by atoms with Crippen molar-refractivity contribution in [1.29, 1.82) is 5.26 Å². The molecule has 32 heavy (non-hydrogen) atoms. The Labute approximate surface area is 204 Å². The van der Waals surface area contributed by atoms with Gasteiger partial charge in [0.2, 0.25) is 0 Å². The summed E-state index contributed by atoms with van der Waals surface area (Å²) in [6, 6.07) is 19.3. The normalized spacial score (nSPS) is 11.0. The van der Waals surface area contributed by atoms with Crippen molar-refractivity contribution in [3.8, 4) is 17.6 Å². The first kappa shape index (κ1) is 23.6. The van der Waals surface area contributed by atoms with Gasteiger partial charge in [-0.15, -0.1) is 0 Å². The summed E-state index contributed by atoms with van der Waals surface area (Å²) in [4.78, 5) is 10.4. The molecule has 162 valence electrons. The predicted molar refractivity (Wildman–Crippen MR) is 133 cm³/mol. The van der Waals surface area contributed by atoms with Gasteiger partial charge in [0, 0.05) is 15.7 Å². The van der Waals surface area contributed by atoms with E-state index >= 15 is 0 Å². The molecule has 0 bridgehead atoms. The third kappa shape index (κ3) is 5.99. The molecule has 6 nitrogen and oxygen atoms in total. The Morgan fingerprint density at radius 2 is 1.84 bits per heavy atom. The summed E-state index contributed by atoms with van der Waals surface area (Å²) in [7, 11) is 0. The monoisotopic (exact) mass is 560 g/mol. The summed E-state index contributed by atoms with van der Waals surface area (Å²) in [6.45, 7) is 2.60. The Morgan fingerprint density at radius 3 is 2.44 bits per heavy atom. The Morgan fingerprint density at radius 1 is 1.16 bits per heavy atom. The molecule has 0 unspecified atom stereocenters. The highest BCUT2D eigenvalue weighted by atomic mass is 127. The van der Waals surface area contributed by atoms with E-state index in [9.17, 15) is 15.4 Å². The maximum atomic E-state index is 10.9. The first-order valence-corrected chi connectivity index (χ1v) is 11.1. The van der Waals surface area contributed by atoms with Crippen molar-refractivity contribution < 1.29 is 14.4 Å². The van der Waals surface area contributed by atoms with E-state index in [-0.39, 0.29) is 5.69 Å². The fourth-order valence-electron chi connectivity index (χ4n) is 2.92. The van der Waals surface area contributed by atoms with Crippen LogP contribution in [0.25, 0.3) is 11.6 Å². The lowest BCUT2D eigenvalue weighted by Gasteiger charge is -2.15. The van der Waals surface area contributed by atoms with Crippen LogP contribution in [0.1, 0.15) is 23.6 Å². The molecule has 0 saturated carbocycles. The molecule has 3 aromatic rings. The van der Waals surface area contributed by atoms with Crippen LogP contribution in [-0.4, -0.2) is 11.5 Å². The number of nitriles is 1. The summed E-state index contributed by atoms with van der Waals surface area (Å²) in [5, 5.41) is 20.8. The van der Waals surface area contributed by atoms with Crippen LogP contribution in [0, 0.1) is 25.0 Å². The van der Waals surface area contributed by atoms with Crippen LogP contribution in [0.15, 0.2) is 60.7 Å². The van der Waals surface area contributed by atoms with Crippen molar-refractivity contribution in [3.05, 3.63) is 96.1 Å². The second-order valence-corrected chi connectivity index (χ2v) is 8.30. The second kappa shape index (κ2) is 11.0. The van der Waals surface area contributed by atoms with Crippen molar-refractivity contribution in [2.45, 2.75) is 13.5 Å². The first-order valence-electron chi connectivity index (χ1n) is 9.61. The van der Waals surface area contributed by atoms with E-state index in [4.69, 9.17) is 21.1 Å². The summed E-state index contributed by atoms with van der Waals surface area (Å²) in [6.07, 6.45) is 1.65. The van der Waals surface area contributed by atoms with Crippen LogP contribution in [-0.2, 0) is 6.61 Å². The molecule has 0 aliphatic carbocycles. The van der Waals surface area contributed by atoms with Gasteiger partial charge in [-0.3, -0.25) is 10.1 Å². The summed E-state index contributed by atoms with van der Waals surface area (Å²) >= 11 is 8.74.